The first-order valence-electron chi connectivity index (χ1n) is 5.33. The lowest BCUT2D eigenvalue weighted by molar-refractivity contribution is 0.0522. The van der Waals surface area contributed by atoms with Gasteiger partial charge >= 0.3 is 5.97 Å². The lowest BCUT2D eigenvalue weighted by Gasteiger charge is -2.20. The maximum atomic E-state index is 12.0. The number of ether oxygens (including phenoxy) is 1. The highest BCUT2D eigenvalue weighted by Gasteiger charge is 2.29. The van der Waals surface area contributed by atoms with Crippen LogP contribution in [0.15, 0.2) is 23.1 Å². The van der Waals surface area contributed by atoms with Crippen LogP contribution in [-0.2, 0) is 14.6 Å². The summed E-state index contributed by atoms with van der Waals surface area (Å²) in [6, 6.07) is 4.76. The molecule has 1 heterocycles. The van der Waals surface area contributed by atoms with Crippen molar-refractivity contribution in [3.05, 3.63) is 23.8 Å². The zero-order valence-electron chi connectivity index (χ0n) is 9.39. The molecule has 0 saturated carbocycles. The Morgan fingerprint density at radius 1 is 1.47 bits per heavy atom. The third-order valence-corrected chi connectivity index (χ3v) is 4.31. The number of benzene rings is 1. The van der Waals surface area contributed by atoms with Crippen molar-refractivity contribution >= 4 is 21.5 Å². The fourth-order valence-electron chi connectivity index (χ4n) is 1.80. The average Bonchev–Trinajstić information content (AvgIpc) is 2.28. The molecule has 0 bridgehead atoms. The van der Waals surface area contributed by atoms with Gasteiger partial charge in [0.2, 0.25) is 0 Å². The number of hydrogen-bond acceptors (Lipinski definition) is 5. The highest BCUT2D eigenvalue weighted by molar-refractivity contribution is 7.91. The van der Waals surface area contributed by atoms with Gasteiger partial charge in [-0.2, -0.15) is 0 Å². The van der Waals surface area contributed by atoms with Gasteiger partial charge in [-0.1, -0.05) is 6.07 Å². The van der Waals surface area contributed by atoms with Gasteiger partial charge in [-0.25, -0.2) is 13.2 Å². The van der Waals surface area contributed by atoms with Gasteiger partial charge in [0.25, 0.3) is 0 Å². The van der Waals surface area contributed by atoms with Crippen LogP contribution in [0.3, 0.4) is 0 Å². The van der Waals surface area contributed by atoms with E-state index in [1.807, 2.05) is 0 Å². The average molecular weight is 255 g/mol. The largest absolute Gasteiger partial charge is 0.462 e. The zero-order chi connectivity index (χ0) is 12.5. The van der Waals surface area contributed by atoms with Crippen LogP contribution >= 0.6 is 0 Å². The molecule has 1 aromatic carbocycles. The molecule has 2 rings (SSSR count). The van der Waals surface area contributed by atoms with Crippen molar-refractivity contribution < 1.29 is 17.9 Å². The summed E-state index contributed by atoms with van der Waals surface area (Å²) in [5.41, 5.74) is 0.582. The van der Waals surface area contributed by atoms with Crippen molar-refractivity contribution in [2.75, 3.05) is 24.2 Å². The van der Waals surface area contributed by atoms with Crippen LogP contribution in [0.2, 0.25) is 0 Å². The van der Waals surface area contributed by atoms with Gasteiger partial charge in [0, 0.05) is 6.54 Å². The van der Waals surface area contributed by atoms with E-state index < -0.39 is 15.8 Å². The lowest BCUT2D eigenvalue weighted by Crippen LogP contribution is -2.26. The van der Waals surface area contributed by atoms with Crippen LogP contribution in [0.25, 0.3) is 0 Å². The Morgan fingerprint density at radius 2 is 2.24 bits per heavy atom. The van der Waals surface area contributed by atoms with Gasteiger partial charge in [0.15, 0.2) is 9.84 Å². The van der Waals surface area contributed by atoms with Crippen molar-refractivity contribution in [2.45, 2.75) is 11.8 Å². The van der Waals surface area contributed by atoms with Crippen LogP contribution < -0.4 is 5.32 Å². The number of anilines is 1. The van der Waals surface area contributed by atoms with Gasteiger partial charge in [0.05, 0.1) is 23.6 Å². The number of esters is 1. The van der Waals surface area contributed by atoms with Crippen LogP contribution in [0.5, 0.6) is 0 Å². The van der Waals surface area contributed by atoms with Gasteiger partial charge in [-0.3, -0.25) is 0 Å². The Labute approximate surface area is 99.7 Å². The Balaban J connectivity index is 2.59. The molecule has 17 heavy (non-hydrogen) atoms. The Morgan fingerprint density at radius 3 is 2.94 bits per heavy atom. The van der Waals surface area contributed by atoms with Crippen LogP contribution in [0.1, 0.15) is 17.3 Å². The number of carbonyl (C=O) groups excluding carboxylic acids is 1. The maximum Gasteiger partial charge on any atom is 0.339 e. The third kappa shape index (κ3) is 2.12. The van der Waals surface area contributed by atoms with Gasteiger partial charge in [0.1, 0.15) is 4.90 Å². The van der Waals surface area contributed by atoms with Crippen LogP contribution in [-0.4, -0.2) is 33.3 Å². The maximum absolute atomic E-state index is 12.0. The number of sulfone groups is 1. The second-order valence-electron chi connectivity index (χ2n) is 3.65. The summed E-state index contributed by atoms with van der Waals surface area (Å²) in [6.45, 7) is 2.26. The first-order chi connectivity index (χ1) is 8.06. The lowest BCUT2D eigenvalue weighted by atomic mass is 10.2. The number of hydrogen-bond donors (Lipinski definition) is 1. The van der Waals surface area contributed by atoms with Crippen molar-refractivity contribution in [2.24, 2.45) is 0 Å². The number of carbonyl (C=O) groups is 1. The minimum Gasteiger partial charge on any atom is -0.462 e. The Hall–Kier alpha value is -1.56. The summed E-state index contributed by atoms with van der Waals surface area (Å²) in [7, 11) is -3.40. The van der Waals surface area contributed by atoms with E-state index in [-0.39, 0.29) is 22.8 Å². The minimum atomic E-state index is -3.40. The second-order valence-corrected chi connectivity index (χ2v) is 5.69. The van der Waals surface area contributed by atoms with Crippen molar-refractivity contribution in [3.63, 3.8) is 0 Å². The van der Waals surface area contributed by atoms with Crippen molar-refractivity contribution in [3.8, 4) is 0 Å². The molecule has 6 heteroatoms. The van der Waals surface area contributed by atoms with Crippen molar-refractivity contribution in [1.82, 2.24) is 0 Å². The number of nitrogens with one attached hydrogen (secondary N) is 1. The first kappa shape index (κ1) is 11.9. The summed E-state index contributed by atoms with van der Waals surface area (Å²) >= 11 is 0. The van der Waals surface area contributed by atoms with E-state index in [0.717, 1.165) is 0 Å². The normalized spacial score (nSPS) is 16.8. The molecule has 0 spiro atoms. The predicted octanol–water partition coefficient (Wildman–Crippen LogP) is 1.06. The SMILES string of the molecule is CCOC(=O)c1cccc2c1S(=O)(=O)CCN2. The third-order valence-electron chi connectivity index (χ3n) is 2.51. The fraction of sp³-hybridized carbons (Fsp3) is 0.364. The summed E-state index contributed by atoms with van der Waals surface area (Å²) in [6.07, 6.45) is 0. The Kier molecular flexibility index (Phi) is 3.06. The predicted molar refractivity (Wildman–Crippen MR) is 62.9 cm³/mol. The highest BCUT2D eigenvalue weighted by Crippen LogP contribution is 2.29. The van der Waals surface area contributed by atoms with E-state index in [0.29, 0.717) is 12.2 Å². The monoisotopic (exact) mass is 255 g/mol. The molecular weight excluding hydrogens is 242 g/mol. The molecule has 0 aromatic heterocycles. The van der Waals surface area contributed by atoms with E-state index in [1.165, 1.54) is 6.07 Å². The van der Waals surface area contributed by atoms with E-state index in [9.17, 15) is 13.2 Å². The summed E-state index contributed by atoms with van der Waals surface area (Å²) in [5, 5.41) is 2.97. The molecule has 0 amide bonds. The van der Waals surface area contributed by atoms with E-state index in [4.69, 9.17) is 4.74 Å². The van der Waals surface area contributed by atoms with E-state index >= 15 is 0 Å². The van der Waals surface area contributed by atoms with Crippen molar-refractivity contribution in [1.29, 1.82) is 0 Å². The molecule has 92 valence electrons. The molecule has 5 nitrogen and oxygen atoms in total. The molecule has 0 atom stereocenters. The second kappa shape index (κ2) is 4.37. The van der Waals surface area contributed by atoms with Crippen LogP contribution in [0.4, 0.5) is 5.69 Å². The topological polar surface area (TPSA) is 72.5 Å². The van der Waals surface area contributed by atoms with Gasteiger partial charge < -0.3 is 10.1 Å². The first-order valence-corrected chi connectivity index (χ1v) is 6.98. The summed E-state index contributed by atoms with van der Waals surface area (Å²) in [5.74, 6) is -0.604. The fourth-order valence-corrected chi connectivity index (χ4v) is 3.34. The summed E-state index contributed by atoms with van der Waals surface area (Å²) < 4.78 is 28.8. The molecule has 0 fully saturated rings. The molecule has 1 N–H and O–H groups in total. The number of fused-ring (bicyclic) bond motifs is 1. The Bertz CT molecular complexity index is 551. The highest BCUT2D eigenvalue weighted by atomic mass is 32.2. The standard InChI is InChI=1S/C11H13NO4S/c1-2-16-11(13)8-4-3-5-9-10(8)17(14,15)7-6-12-9/h3-5,12H,2,6-7H2,1H3. The molecule has 0 radical (unpaired) electrons. The van der Waals surface area contributed by atoms with Crippen LogP contribution in [0, 0.1) is 0 Å². The molecule has 0 saturated heterocycles. The molecule has 1 aliphatic rings. The van der Waals surface area contributed by atoms with Gasteiger partial charge in [-0.05, 0) is 19.1 Å². The molecule has 0 unspecified atom stereocenters. The number of rotatable bonds is 2. The molecular formula is C11H13NO4S. The minimum absolute atomic E-state index is 0.00355. The zero-order valence-corrected chi connectivity index (χ0v) is 10.2. The molecule has 1 aromatic rings. The van der Waals surface area contributed by atoms with E-state index in [2.05, 4.69) is 5.32 Å². The summed E-state index contributed by atoms with van der Waals surface area (Å²) in [4.78, 5) is 11.7. The van der Waals surface area contributed by atoms with E-state index in [1.54, 1.807) is 19.1 Å². The van der Waals surface area contributed by atoms with Gasteiger partial charge in [-0.15, -0.1) is 0 Å². The smallest absolute Gasteiger partial charge is 0.339 e. The molecule has 1 aliphatic heterocycles. The molecule has 0 aliphatic carbocycles. The quantitative estimate of drug-likeness (QED) is 0.800.